The van der Waals surface area contributed by atoms with Crippen LogP contribution in [0.3, 0.4) is 0 Å². The average molecular weight is 494 g/mol. The van der Waals surface area contributed by atoms with Crippen LogP contribution < -0.4 is 5.32 Å². The summed E-state index contributed by atoms with van der Waals surface area (Å²) in [6, 6.07) is 32.1. The number of alkyl carbamates (subject to hydrolysis) is 1. The van der Waals surface area contributed by atoms with Crippen LogP contribution in [0.15, 0.2) is 108 Å². The topological polar surface area (TPSA) is 72.5 Å². The Morgan fingerprint density at radius 3 is 2.00 bits per heavy atom. The van der Waals surface area contributed by atoms with Crippen LogP contribution >= 0.6 is 11.8 Å². The lowest BCUT2D eigenvalue weighted by atomic mass is 9.98. The normalized spacial score (nSPS) is 11.9. The highest BCUT2D eigenvalue weighted by Gasteiger charge is 2.29. The van der Waals surface area contributed by atoms with Crippen LogP contribution in [-0.2, 0) is 9.53 Å². The first-order chi connectivity index (χ1) is 17.6. The Bertz CT molecular complexity index is 1390. The fourth-order valence-corrected chi connectivity index (χ4v) is 5.25. The van der Waals surface area contributed by atoms with Crippen molar-refractivity contribution >= 4 is 28.8 Å². The van der Waals surface area contributed by atoms with Gasteiger partial charge in [0, 0.05) is 21.9 Å². The van der Waals surface area contributed by atoms with Gasteiger partial charge in [-0.1, -0.05) is 91.0 Å². The molecule has 6 heteroatoms. The van der Waals surface area contributed by atoms with Crippen LogP contribution in [0, 0.1) is 0 Å². The van der Waals surface area contributed by atoms with Crippen LogP contribution in [-0.4, -0.2) is 30.1 Å². The molecule has 0 bridgehead atoms. The third-order valence-electron chi connectivity index (χ3n) is 6.11. The molecule has 0 atom stereocenters. The van der Waals surface area contributed by atoms with E-state index in [4.69, 9.17) is 4.74 Å². The number of benzene rings is 4. The summed E-state index contributed by atoms with van der Waals surface area (Å²) in [4.78, 5) is 38.4. The zero-order valence-electron chi connectivity index (χ0n) is 19.3. The van der Waals surface area contributed by atoms with Gasteiger partial charge in [-0.15, -0.1) is 0 Å². The Labute approximate surface area is 213 Å². The van der Waals surface area contributed by atoms with E-state index >= 15 is 0 Å². The molecule has 0 saturated heterocycles. The molecule has 5 nitrogen and oxygen atoms in total. The number of ether oxygens (including phenoxy) is 1. The van der Waals surface area contributed by atoms with Crippen molar-refractivity contribution in [1.29, 1.82) is 0 Å². The van der Waals surface area contributed by atoms with Gasteiger partial charge in [0.1, 0.15) is 6.61 Å². The van der Waals surface area contributed by atoms with E-state index in [0.29, 0.717) is 16.0 Å². The van der Waals surface area contributed by atoms with E-state index in [2.05, 4.69) is 29.6 Å². The van der Waals surface area contributed by atoms with Crippen LogP contribution in [0.2, 0.25) is 0 Å². The molecule has 0 spiro atoms. The molecule has 0 saturated carbocycles. The molecule has 178 valence electrons. The Morgan fingerprint density at radius 2 is 1.31 bits per heavy atom. The highest BCUT2D eigenvalue weighted by Crippen LogP contribution is 2.44. The van der Waals surface area contributed by atoms with Gasteiger partial charge in [-0.25, -0.2) is 4.79 Å². The molecule has 0 unspecified atom stereocenters. The molecule has 0 radical (unpaired) electrons. The molecule has 1 aliphatic rings. The van der Waals surface area contributed by atoms with E-state index in [1.807, 2.05) is 30.3 Å². The van der Waals surface area contributed by atoms with Gasteiger partial charge in [-0.05, 0) is 46.1 Å². The second-order valence-electron chi connectivity index (χ2n) is 8.34. The molecule has 36 heavy (non-hydrogen) atoms. The number of carbonyl (C=O) groups excluding carboxylic acids is 3. The van der Waals surface area contributed by atoms with E-state index in [1.165, 1.54) is 0 Å². The van der Waals surface area contributed by atoms with Gasteiger partial charge < -0.3 is 10.1 Å². The number of hydrogen-bond acceptors (Lipinski definition) is 5. The molecule has 0 fully saturated rings. The van der Waals surface area contributed by atoms with Gasteiger partial charge in [0.2, 0.25) is 5.12 Å². The number of thioether (sulfide) groups is 1. The van der Waals surface area contributed by atoms with Crippen LogP contribution in [0.1, 0.15) is 33.0 Å². The highest BCUT2D eigenvalue weighted by atomic mass is 32.2. The zero-order valence-corrected chi connectivity index (χ0v) is 20.2. The zero-order chi connectivity index (χ0) is 24.9. The molecule has 0 aliphatic heterocycles. The fourth-order valence-electron chi connectivity index (χ4n) is 4.44. The number of carbonyl (C=O) groups is 3. The second kappa shape index (κ2) is 10.6. The predicted octanol–water partition coefficient (Wildman–Crippen LogP) is 6.08. The first kappa shape index (κ1) is 23.6. The minimum absolute atomic E-state index is 0.0518. The maximum atomic E-state index is 12.9. The van der Waals surface area contributed by atoms with Gasteiger partial charge in [0.05, 0.1) is 6.54 Å². The van der Waals surface area contributed by atoms with Crippen LogP contribution in [0.5, 0.6) is 0 Å². The van der Waals surface area contributed by atoms with Crippen molar-refractivity contribution in [3.05, 3.63) is 125 Å². The Morgan fingerprint density at radius 1 is 0.722 bits per heavy atom. The van der Waals surface area contributed by atoms with Gasteiger partial charge in [0.25, 0.3) is 0 Å². The van der Waals surface area contributed by atoms with E-state index in [1.54, 1.807) is 48.5 Å². The molecule has 1 N–H and O–H groups in total. The van der Waals surface area contributed by atoms with Crippen molar-refractivity contribution in [2.75, 3.05) is 13.2 Å². The molecular formula is C30H23NO4S. The summed E-state index contributed by atoms with van der Waals surface area (Å²) in [6.07, 6.45) is -0.653. The Hall–Kier alpha value is -4.16. The summed E-state index contributed by atoms with van der Waals surface area (Å²) < 4.78 is 5.49. The third kappa shape index (κ3) is 4.95. The summed E-state index contributed by atoms with van der Waals surface area (Å²) in [5, 5.41) is 2.24. The maximum Gasteiger partial charge on any atom is 0.407 e. The number of rotatable bonds is 7. The average Bonchev–Trinajstić information content (AvgIpc) is 3.25. The van der Waals surface area contributed by atoms with Gasteiger partial charge in [-0.3, -0.25) is 9.59 Å². The smallest absolute Gasteiger partial charge is 0.407 e. The SMILES string of the molecule is O=C(NCC(=O)Sc1ccccc1C(=O)c1ccccc1)OCC1c2ccccc2-c2ccccc21. The van der Waals surface area contributed by atoms with Crippen molar-refractivity contribution < 1.29 is 19.1 Å². The third-order valence-corrected chi connectivity index (χ3v) is 7.06. The predicted molar refractivity (Wildman–Crippen MR) is 140 cm³/mol. The summed E-state index contributed by atoms with van der Waals surface area (Å²) in [6.45, 7) is -0.0369. The first-order valence-electron chi connectivity index (χ1n) is 11.6. The highest BCUT2D eigenvalue weighted by molar-refractivity contribution is 8.13. The number of nitrogens with one attached hydrogen (secondary N) is 1. The van der Waals surface area contributed by atoms with E-state index in [-0.39, 0.29) is 30.0 Å². The van der Waals surface area contributed by atoms with E-state index < -0.39 is 6.09 Å². The molecule has 4 aromatic rings. The standard InChI is InChI=1S/C30H23NO4S/c32-28(36-27-17-9-8-16-25(27)29(33)20-10-2-1-3-11-20)18-31-30(34)35-19-26-23-14-6-4-12-21(23)22-13-5-7-15-24(22)26/h1-17,26H,18-19H2,(H,31,34). The van der Waals surface area contributed by atoms with Gasteiger partial charge in [-0.2, -0.15) is 0 Å². The summed E-state index contributed by atoms with van der Waals surface area (Å²) in [5.41, 5.74) is 5.54. The summed E-state index contributed by atoms with van der Waals surface area (Å²) in [7, 11) is 0. The van der Waals surface area contributed by atoms with E-state index in [9.17, 15) is 14.4 Å². The van der Waals surface area contributed by atoms with Crippen LogP contribution in [0.4, 0.5) is 4.79 Å². The molecule has 4 aromatic carbocycles. The fraction of sp³-hybridized carbons (Fsp3) is 0.100. The first-order valence-corrected chi connectivity index (χ1v) is 12.4. The lowest BCUT2D eigenvalue weighted by Crippen LogP contribution is -2.30. The minimum atomic E-state index is -0.653. The Kier molecular flexibility index (Phi) is 6.96. The molecule has 1 amide bonds. The van der Waals surface area contributed by atoms with Crippen molar-refractivity contribution in [2.24, 2.45) is 0 Å². The molecule has 0 aromatic heterocycles. The monoisotopic (exact) mass is 493 g/mol. The second-order valence-corrected chi connectivity index (χ2v) is 9.44. The minimum Gasteiger partial charge on any atom is -0.449 e. The lowest BCUT2D eigenvalue weighted by Gasteiger charge is -2.14. The summed E-state index contributed by atoms with van der Waals surface area (Å²) in [5.74, 6) is -0.208. The molecule has 0 heterocycles. The summed E-state index contributed by atoms with van der Waals surface area (Å²) >= 11 is 0.930. The molecule has 5 rings (SSSR count). The Balaban J connectivity index is 1.18. The van der Waals surface area contributed by atoms with Crippen molar-refractivity contribution in [1.82, 2.24) is 5.32 Å². The van der Waals surface area contributed by atoms with Crippen molar-refractivity contribution in [3.63, 3.8) is 0 Å². The number of ketones is 1. The van der Waals surface area contributed by atoms with Gasteiger partial charge >= 0.3 is 6.09 Å². The number of fused-ring (bicyclic) bond motifs is 3. The van der Waals surface area contributed by atoms with Crippen LogP contribution in [0.25, 0.3) is 11.1 Å². The molecular weight excluding hydrogens is 470 g/mol. The van der Waals surface area contributed by atoms with Gasteiger partial charge in [0.15, 0.2) is 5.78 Å². The largest absolute Gasteiger partial charge is 0.449 e. The van der Waals surface area contributed by atoms with E-state index in [0.717, 1.165) is 34.0 Å². The maximum absolute atomic E-state index is 12.9. The molecule has 1 aliphatic carbocycles. The van der Waals surface area contributed by atoms with Crippen molar-refractivity contribution in [2.45, 2.75) is 10.8 Å². The number of amides is 1. The lowest BCUT2D eigenvalue weighted by molar-refractivity contribution is -0.110. The number of hydrogen-bond donors (Lipinski definition) is 1. The quantitative estimate of drug-likeness (QED) is 0.250. The van der Waals surface area contributed by atoms with Crippen molar-refractivity contribution in [3.8, 4) is 11.1 Å².